The molecule has 2 saturated carbocycles. The molecule has 4 fully saturated rings. The maximum atomic E-state index is 11.6. The van der Waals surface area contributed by atoms with Crippen molar-refractivity contribution in [3.63, 3.8) is 0 Å². The third-order valence-electron chi connectivity index (χ3n) is 5.88. The Kier molecular flexibility index (Phi) is 1.75. The number of hydrogen-bond acceptors (Lipinski definition) is 3. The standard InChI is InChI=1S/C14H20O3/c1-8-3-4-9-7-11(15)16-12(9)14-10(8)5-6-13(14,2)17-14/h8-10,12H,3-7H2,1-2H3/t8-,9-,10-,12+,13-,14-/m0/s1. The van der Waals surface area contributed by atoms with Gasteiger partial charge in [0.2, 0.25) is 0 Å². The zero-order valence-electron chi connectivity index (χ0n) is 10.6. The number of hydrogen-bond donors (Lipinski definition) is 0. The van der Waals surface area contributed by atoms with Crippen molar-refractivity contribution >= 4 is 5.97 Å². The molecule has 17 heavy (non-hydrogen) atoms. The molecule has 0 aromatic carbocycles. The van der Waals surface area contributed by atoms with Crippen LogP contribution in [-0.4, -0.2) is 23.3 Å². The molecule has 0 aromatic heterocycles. The summed E-state index contributed by atoms with van der Waals surface area (Å²) in [4.78, 5) is 11.6. The van der Waals surface area contributed by atoms with E-state index in [-0.39, 0.29) is 23.3 Å². The van der Waals surface area contributed by atoms with Crippen LogP contribution >= 0.6 is 0 Å². The van der Waals surface area contributed by atoms with E-state index in [1.165, 1.54) is 12.8 Å². The lowest BCUT2D eigenvalue weighted by atomic mass is 9.78. The molecule has 2 aliphatic heterocycles. The van der Waals surface area contributed by atoms with Gasteiger partial charge in [-0.05, 0) is 44.4 Å². The van der Waals surface area contributed by atoms with Crippen LogP contribution in [0.25, 0.3) is 0 Å². The molecule has 0 aromatic rings. The zero-order valence-corrected chi connectivity index (χ0v) is 10.6. The van der Waals surface area contributed by atoms with Gasteiger partial charge >= 0.3 is 5.97 Å². The van der Waals surface area contributed by atoms with Crippen LogP contribution in [0.2, 0.25) is 0 Å². The van der Waals surface area contributed by atoms with Crippen molar-refractivity contribution < 1.29 is 14.3 Å². The lowest BCUT2D eigenvalue weighted by molar-refractivity contribution is -0.145. The molecule has 2 saturated heterocycles. The second kappa shape index (κ2) is 2.87. The average molecular weight is 236 g/mol. The summed E-state index contributed by atoms with van der Waals surface area (Å²) in [6, 6.07) is 0. The molecule has 2 aliphatic carbocycles. The van der Waals surface area contributed by atoms with Gasteiger partial charge in [-0.2, -0.15) is 0 Å². The molecule has 0 bridgehead atoms. The summed E-state index contributed by atoms with van der Waals surface area (Å²) >= 11 is 0. The maximum Gasteiger partial charge on any atom is 0.306 e. The molecule has 4 rings (SSSR count). The normalized spacial score (nSPS) is 60.0. The van der Waals surface area contributed by atoms with E-state index >= 15 is 0 Å². The third-order valence-corrected chi connectivity index (χ3v) is 5.88. The highest BCUT2D eigenvalue weighted by Crippen LogP contribution is 2.69. The Balaban J connectivity index is 1.78. The van der Waals surface area contributed by atoms with Gasteiger partial charge in [-0.1, -0.05) is 6.92 Å². The highest BCUT2D eigenvalue weighted by Gasteiger charge is 2.80. The van der Waals surface area contributed by atoms with Crippen LogP contribution < -0.4 is 0 Å². The van der Waals surface area contributed by atoms with E-state index in [1.54, 1.807) is 0 Å². The van der Waals surface area contributed by atoms with Gasteiger partial charge in [0.15, 0.2) is 0 Å². The van der Waals surface area contributed by atoms with Crippen molar-refractivity contribution in [3.05, 3.63) is 0 Å². The number of carbonyl (C=O) groups excluding carboxylic acids is 1. The number of ether oxygens (including phenoxy) is 2. The number of carbonyl (C=O) groups is 1. The van der Waals surface area contributed by atoms with Crippen LogP contribution in [0.3, 0.4) is 0 Å². The SMILES string of the molecule is C[C@H]1CC[C@H]2CC(=O)O[C@H]2[C@]23O[C@@]2(C)CC[C@@H]13. The average Bonchev–Trinajstić information content (AvgIpc) is 2.62. The first kappa shape index (κ1) is 10.4. The minimum absolute atomic E-state index is 0.00377. The first-order chi connectivity index (χ1) is 8.07. The molecule has 2 heterocycles. The Hall–Kier alpha value is -0.570. The Morgan fingerprint density at radius 1 is 1.29 bits per heavy atom. The topological polar surface area (TPSA) is 38.8 Å². The predicted molar refractivity (Wildman–Crippen MR) is 61.3 cm³/mol. The third kappa shape index (κ3) is 1.05. The number of fused-ring (bicyclic) bond motifs is 1. The van der Waals surface area contributed by atoms with Gasteiger partial charge in [-0.15, -0.1) is 0 Å². The minimum atomic E-state index is -0.111. The quantitative estimate of drug-likeness (QED) is 0.478. The molecule has 0 N–H and O–H groups in total. The van der Waals surface area contributed by atoms with Crippen LogP contribution in [0.1, 0.15) is 46.0 Å². The summed E-state index contributed by atoms with van der Waals surface area (Å²) in [5.41, 5.74) is -0.108. The second-order valence-electron chi connectivity index (χ2n) is 6.70. The number of esters is 1. The molecular weight excluding hydrogens is 216 g/mol. The van der Waals surface area contributed by atoms with Crippen molar-refractivity contribution in [2.24, 2.45) is 17.8 Å². The van der Waals surface area contributed by atoms with Crippen LogP contribution in [0.4, 0.5) is 0 Å². The van der Waals surface area contributed by atoms with Crippen LogP contribution in [-0.2, 0) is 14.3 Å². The van der Waals surface area contributed by atoms with Crippen molar-refractivity contribution in [2.75, 3.05) is 0 Å². The summed E-state index contributed by atoms with van der Waals surface area (Å²) in [6.07, 6.45) is 5.42. The van der Waals surface area contributed by atoms with Gasteiger partial charge in [0.1, 0.15) is 11.7 Å². The molecule has 0 amide bonds. The van der Waals surface area contributed by atoms with Crippen molar-refractivity contribution in [1.29, 1.82) is 0 Å². The van der Waals surface area contributed by atoms with Crippen molar-refractivity contribution in [2.45, 2.75) is 63.3 Å². The number of rotatable bonds is 0. The summed E-state index contributed by atoms with van der Waals surface area (Å²) in [5, 5.41) is 0. The summed E-state index contributed by atoms with van der Waals surface area (Å²) in [6.45, 7) is 4.57. The molecule has 3 nitrogen and oxygen atoms in total. The van der Waals surface area contributed by atoms with Crippen molar-refractivity contribution in [3.8, 4) is 0 Å². The summed E-state index contributed by atoms with van der Waals surface area (Å²) in [5.74, 6) is 1.72. The Morgan fingerprint density at radius 2 is 2.12 bits per heavy atom. The molecular formula is C14H20O3. The Labute approximate surface area is 102 Å². The highest BCUT2D eigenvalue weighted by molar-refractivity contribution is 5.72. The Morgan fingerprint density at radius 3 is 2.88 bits per heavy atom. The highest BCUT2D eigenvalue weighted by atomic mass is 16.7. The molecule has 94 valence electrons. The molecule has 0 radical (unpaired) electrons. The fourth-order valence-corrected chi connectivity index (χ4v) is 4.96. The summed E-state index contributed by atoms with van der Waals surface area (Å²) < 4.78 is 11.8. The van der Waals surface area contributed by atoms with Crippen LogP contribution in [0.15, 0.2) is 0 Å². The fourth-order valence-electron chi connectivity index (χ4n) is 4.96. The first-order valence-corrected chi connectivity index (χ1v) is 6.96. The van der Waals surface area contributed by atoms with E-state index in [1.807, 2.05) is 0 Å². The van der Waals surface area contributed by atoms with E-state index in [2.05, 4.69) is 13.8 Å². The van der Waals surface area contributed by atoms with E-state index in [4.69, 9.17) is 9.47 Å². The molecule has 0 unspecified atom stereocenters. The molecule has 4 aliphatic rings. The van der Waals surface area contributed by atoms with E-state index in [0.717, 1.165) is 12.8 Å². The van der Waals surface area contributed by atoms with E-state index in [0.29, 0.717) is 24.2 Å². The molecule has 3 heteroatoms. The number of epoxide rings is 1. The van der Waals surface area contributed by atoms with Crippen LogP contribution in [0, 0.1) is 17.8 Å². The van der Waals surface area contributed by atoms with Gasteiger partial charge in [-0.3, -0.25) is 4.79 Å². The Bertz CT molecular complexity index is 393. The van der Waals surface area contributed by atoms with Gasteiger partial charge in [0.05, 0.1) is 12.0 Å². The lowest BCUT2D eigenvalue weighted by Gasteiger charge is -2.28. The minimum Gasteiger partial charge on any atom is -0.459 e. The predicted octanol–water partition coefficient (Wildman–Crippen LogP) is 2.29. The first-order valence-electron chi connectivity index (χ1n) is 6.96. The van der Waals surface area contributed by atoms with E-state index in [9.17, 15) is 4.79 Å². The van der Waals surface area contributed by atoms with Gasteiger partial charge in [0, 0.05) is 5.92 Å². The molecule has 6 atom stereocenters. The monoisotopic (exact) mass is 236 g/mol. The summed E-state index contributed by atoms with van der Waals surface area (Å²) in [7, 11) is 0. The van der Waals surface area contributed by atoms with Gasteiger partial charge in [0.25, 0.3) is 0 Å². The molecule has 1 spiro atoms. The van der Waals surface area contributed by atoms with Crippen molar-refractivity contribution in [1.82, 2.24) is 0 Å². The second-order valence-corrected chi connectivity index (χ2v) is 6.70. The van der Waals surface area contributed by atoms with E-state index < -0.39 is 0 Å². The maximum absolute atomic E-state index is 11.6. The zero-order chi connectivity index (χ0) is 11.8. The fraction of sp³-hybridized carbons (Fsp3) is 0.929. The largest absolute Gasteiger partial charge is 0.459 e. The smallest absolute Gasteiger partial charge is 0.306 e. The lowest BCUT2D eigenvalue weighted by Crippen LogP contribution is -2.42. The van der Waals surface area contributed by atoms with Gasteiger partial charge in [-0.25, -0.2) is 0 Å². The van der Waals surface area contributed by atoms with Crippen LogP contribution in [0.5, 0.6) is 0 Å². The van der Waals surface area contributed by atoms with Gasteiger partial charge < -0.3 is 9.47 Å².